The van der Waals surface area contributed by atoms with E-state index in [1.54, 1.807) is 6.20 Å². The van der Waals surface area contributed by atoms with Crippen LogP contribution in [0.3, 0.4) is 0 Å². The smallest absolute Gasteiger partial charge is 0.407 e. The molecule has 1 unspecified atom stereocenters. The summed E-state index contributed by atoms with van der Waals surface area (Å²) in [5.74, 6) is 0.387. The van der Waals surface area contributed by atoms with Crippen LogP contribution in [0.2, 0.25) is 10.4 Å². The number of piperidine rings is 1. The van der Waals surface area contributed by atoms with E-state index in [1.165, 1.54) is 0 Å². The highest BCUT2D eigenvalue weighted by molar-refractivity contribution is 6.32. The fourth-order valence-corrected chi connectivity index (χ4v) is 3.08. The summed E-state index contributed by atoms with van der Waals surface area (Å²) in [5.41, 5.74) is 0.385. The third-order valence-electron chi connectivity index (χ3n) is 3.71. The van der Waals surface area contributed by atoms with Gasteiger partial charge in [0.15, 0.2) is 0 Å². The van der Waals surface area contributed by atoms with Crippen LogP contribution in [0.15, 0.2) is 6.20 Å². The van der Waals surface area contributed by atoms with Gasteiger partial charge in [0, 0.05) is 31.4 Å². The fourth-order valence-electron chi connectivity index (χ4n) is 2.72. The molecular weight excluding hydrogens is 351 g/mol. The monoisotopic (exact) mass is 374 g/mol. The van der Waals surface area contributed by atoms with Crippen molar-refractivity contribution >= 4 is 29.3 Å². The van der Waals surface area contributed by atoms with Gasteiger partial charge in [-0.15, -0.1) is 0 Å². The molecule has 1 aromatic rings. The van der Waals surface area contributed by atoms with Crippen molar-refractivity contribution in [2.45, 2.75) is 45.8 Å². The minimum Gasteiger partial charge on any atom is -0.444 e. The summed E-state index contributed by atoms with van der Waals surface area (Å²) < 4.78 is 5.27. The lowest BCUT2D eigenvalue weighted by molar-refractivity contribution is 0.0506. The van der Waals surface area contributed by atoms with E-state index < -0.39 is 5.60 Å². The van der Waals surface area contributed by atoms with Crippen molar-refractivity contribution in [2.75, 3.05) is 19.6 Å². The van der Waals surface area contributed by atoms with Crippen molar-refractivity contribution in [1.29, 1.82) is 0 Å². The number of amides is 1. The predicted octanol–water partition coefficient (Wildman–Crippen LogP) is 3.52. The topological polar surface area (TPSA) is 67.3 Å². The SMILES string of the molecule is CC(C)(C)OC(=O)NCC1CCCN(Cc2cnc(Cl)nc2Cl)C1. The van der Waals surface area contributed by atoms with Crippen LogP contribution in [0.25, 0.3) is 0 Å². The predicted molar refractivity (Wildman–Crippen MR) is 94.3 cm³/mol. The second-order valence-electron chi connectivity index (χ2n) is 7.08. The maximum atomic E-state index is 11.8. The highest BCUT2D eigenvalue weighted by Gasteiger charge is 2.23. The van der Waals surface area contributed by atoms with Crippen molar-refractivity contribution in [2.24, 2.45) is 5.92 Å². The zero-order chi connectivity index (χ0) is 17.7. The van der Waals surface area contributed by atoms with E-state index in [0.29, 0.717) is 24.2 Å². The van der Waals surface area contributed by atoms with Crippen LogP contribution in [-0.4, -0.2) is 46.2 Å². The Bertz CT molecular complexity index is 578. The molecular formula is C16H24Cl2N4O2. The number of aromatic nitrogens is 2. The van der Waals surface area contributed by atoms with E-state index in [1.807, 2.05) is 20.8 Å². The standard InChI is InChI=1S/C16H24Cl2N4O2/c1-16(2,3)24-15(23)20-7-11-5-4-6-22(9-11)10-12-8-19-14(18)21-13(12)17/h8,11H,4-7,9-10H2,1-3H3,(H,20,23). The van der Waals surface area contributed by atoms with Crippen molar-refractivity contribution in [3.63, 3.8) is 0 Å². The summed E-state index contributed by atoms with van der Waals surface area (Å²) in [6.07, 6.45) is 3.46. The Morgan fingerprint density at radius 3 is 2.88 bits per heavy atom. The molecule has 0 radical (unpaired) electrons. The van der Waals surface area contributed by atoms with Gasteiger partial charge in [0.1, 0.15) is 10.8 Å². The van der Waals surface area contributed by atoms with Gasteiger partial charge in [0.25, 0.3) is 0 Å². The summed E-state index contributed by atoms with van der Waals surface area (Å²) in [7, 11) is 0. The lowest BCUT2D eigenvalue weighted by Crippen LogP contribution is -2.42. The van der Waals surface area contributed by atoms with Crippen molar-refractivity contribution in [3.8, 4) is 0 Å². The van der Waals surface area contributed by atoms with Gasteiger partial charge in [0.05, 0.1) is 0 Å². The molecule has 0 spiro atoms. The zero-order valence-corrected chi connectivity index (χ0v) is 15.8. The Morgan fingerprint density at radius 1 is 1.46 bits per heavy atom. The van der Waals surface area contributed by atoms with E-state index in [-0.39, 0.29) is 11.4 Å². The number of rotatable bonds is 4. The first kappa shape index (κ1) is 19.2. The summed E-state index contributed by atoms with van der Waals surface area (Å²) in [4.78, 5) is 22.0. The van der Waals surface area contributed by atoms with Crippen LogP contribution in [0.4, 0.5) is 4.79 Å². The molecule has 1 saturated heterocycles. The van der Waals surface area contributed by atoms with E-state index in [4.69, 9.17) is 27.9 Å². The lowest BCUT2D eigenvalue weighted by atomic mass is 9.98. The number of ether oxygens (including phenoxy) is 1. The van der Waals surface area contributed by atoms with Crippen LogP contribution >= 0.6 is 23.2 Å². The number of alkyl carbamates (subject to hydrolysis) is 1. The van der Waals surface area contributed by atoms with Gasteiger partial charge in [-0.1, -0.05) is 11.6 Å². The first-order chi connectivity index (χ1) is 11.2. The molecule has 0 aromatic carbocycles. The Morgan fingerprint density at radius 2 is 2.21 bits per heavy atom. The number of carbonyl (C=O) groups excluding carboxylic acids is 1. The van der Waals surface area contributed by atoms with Crippen molar-refractivity contribution < 1.29 is 9.53 Å². The lowest BCUT2D eigenvalue weighted by Gasteiger charge is -2.33. The van der Waals surface area contributed by atoms with E-state index >= 15 is 0 Å². The molecule has 0 saturated carbocycles. The average Bonchev–Trinajstić information content (AvgIpc) is 2.47. The summed E-state index contributed by atoms with van der Waals surface area (Å²) >= 11 is 11.8. The average molecular weight is 375 g/mol. The number of nitrogens with zero attached hydrogens (tertiary/aromatic N) is 3. The van der Waals surface area contributed by atoms with Gasteiger partial charge in [0.2, 0.25) is 5.28 Å². The molecule has 1 atom stereocenters. The molecule has 0 aliphatic carbocycles. The first-order valence-electron chi connectivity index (χ1n) is 8.09. The second kappa shape index (κ2) is 8.32. The molecule has 1 fully saturated rings. The Labute approximate surface area is 152 Å². The normalized spacial score (nSPS) is 19.1. The third kappa shape index (κ3) is 6.42. The second-order valence-corrected chi connectivity index (χ2v) is 7.78. The van der Waals surface area contributed by atoms with Gasteiger partial charge in [-0.2, -0.15) is 0 Å². The van der Waals surface area contributed by atoms with Crippen LogP contribution in [0.5, 0.6) is 0 Å². The Kier molecular flexibility index (Phi) is 6.66. The van der Waals surface area contributed by atoms with Crippen LogP contribution in [0.1, 0.15) is 39.2 Å². The number of likely N-dealkylation sites (tertiary alicyclic amines) is 1. The molecule has 0 bridgehead atoms. The van der Waals surface area contributed by atoms with Gasteiger partial charge >= 0.3 is 6.09 Å². The molecule has 134 valence electrons. The number of nitrogens with one attached hydrogen (secondary N) is 1. The van der Waals surface area contributed by atoms with Crippen molar-refractivity contribution in [3.05, 3.63) is 22.2 Å². The maximum Gasteiger partial charge on any atom is 0.407 e. The molecule has 24 heavy (non-hydrogen) atoms. The van der Waals surface area contributed by atoms with Crippen LogP contribution in [-0.2, 0) is 11.3 Å². The number of halogens is 2. The zero-order valence-electron chi connectivity index (χ0n) is 14.3. The van der Waals surface area contributed by atoms with Gasteiger partial charge in [-0.3, -0.25) is 4.90 Å². The quantitative estimate of drug-likeness (QED) is 0.644. The first-order valence-corrected chi connectivity index (χ1v) is 8.84. The van der Waals surface area contributed by atoms with Crippen LogP contribution in [0, 0.1) is 5.92 Å². The Hall–Kier alpha value is -1.11. The molecule has 1 aromatic heterocycles. The van der Waals surface area contributed by atoms with E-state index in [0.717, 1.165) is 31.5 Å². The number of hydrogen-bond donors (Lipinski definition) is 1. The van der Waals surface area contributed by atoms with Gasteiger partial charge in [-0.05, 0) is 57.7 Å². The number of carbonyl (C=O) groups is 1. The molecule has 2 rings (SSSR count). The molecule has 6 nitrogen and oxygen atoms in total. The molecule has 1 N–H and O–H groups in total. The third-order valence-corrected chi connectivity index (χ3v) is 4.22. The highest BCUT2D eigenvalue weighted by Crippen LogP contribution is 2.21. The molecule has 2 heterocycles. The molecule has 1 aliphatic rings. The fraction of sp³-hybridized carbons (Fsp3) is 0.688. The number of hydrogen-bond acceptors (Lipinski definition) is 5. The van der Waals surface area contributed by atoms with E-state index in [9.17, 15) is 4.79 Å². The van der Waals surface area contributed by atoms with Crippen molar-refractivity contribution in [1.82, 2.24) is 20.2 Å². The maximum absolute atomic E-state index is 11.8. The van der Waals surface area contributed by atoms with Crippen LogP contribution < -0.4 is 5.32 Å². The molecule has 8 heteroatoms. The summed E-state index contributed by atoms with van der Waals surface area (Å²) in [5, 5.41) is 3.40. The van der Waals surface area contributed by atoms with Gasteiger partial charge < -0.3 is 10.1 Å². The largest absolute Gasteiger partial charge is 0.444 e. The molecule has 1 amide bonds. The summed E-state index contributed by atoms with van der Waals surface area (Å²) in [6.45, 7) is 8.72. The minimum absolute atomic E-state index is 0.154. The summed E-state index contributed by atoms with van der Waals surface area (Å²) in [6, 6.07) is 0. The van der Waals surface area contributed by atoms with Gasteiger partial charge in [-0.25, -0.2) is 14.8 Å². The minimum atomic E-state index is -0.478. The van der Waals surface area contributed by atoms with E-state index in [2.05, 4.69) is 20.2 Å². The Balaban J connectivity index is 1.82. The molecule has 1 aliphatic heterocycles. The highest BCUT2D eigenvalue weighted by atomic mass is 35.5.